The molecule has 0 spiro atoms. The lowest BCUT2D eigenvalue weighted by Crippen LogP contribution is -1.97. The molecule has 0 radical (unpaired) electrons. The van der Waals surface area contributed by atoms with Crippen molar-refractivity contribution in [3.05, 3.63) is 48.3 Å². The monoisotopic (exact) mass is 272 g/mol. The summed E-state index contributed by atoms with van der Waals surface area (Å²) in [5, 5.41) is 9.34. The molecule has 0 fully saturated rings. The van der Waals surface area contributed by atoms with Crippen molar-refractivity contribution >= 4 is 27.5 Å². The smallest absolute Gasteiger partial charge is 0.337 e. The maximum absolute atomic E-state index is 10.8. The molecule has 5 nitrogen and oxygen atoms in total. The number of hydrogen-bond donors (Lipinski definition) is 1. The number of fused-ring (bicyclic) bond motifs is 1. The Labute approximate surface area is 112 Å². The minimum absolute atomic E-state index is 0.0820. The molecule has 0 amide bonds. The molecule has 0 bridgehead atoms. The summed E-state index contributed by atoms with van der Waals surface area (Å²) in [5.41, 5.74) is 0.934. The predicted molar refractivity (Wildman–Crippen MR) is 70.9 cm³/mol. The first-order valence-corrected chi connectivity index (χ1v) is 6.26. The van der Waals surface area contributed by atoms with E-state index in [1.165, 1.54) is 29.8 Å². The molecule has 19 heavy (non-hydrogen) atoms. The largest absolute Gasteiger partial charge is 0.478 e. The molecule has 1 aromatic carbocycles. The van der Waals surface area contributed by atoms with Crippen LogP contribution in [0.2, 0.25) is 0 Å². The van der Waals surface area contributed by atoms with Gasteiger partial charge in [0.1, 0.15) is 5.75 Å². The van der Waals surface area contributed by atoms with Crippen molar-refractivity contribution in [2.45, 2.75) is 0 Å². The number of pyridine rings is 1. The van der Waals surface area contributed by atoms with Gasteiger partial charge >= 0.3 is 5.97 Å². The molecule has 0 saturated carbocycles. The van der Waals surface area contributed by atoms with Crippen LogP contribution in [0.1, 0.15) is 10.4 Å². The maximum Gasteiger partial charge on any atom is 0.337 e. The van der Waals surface area contributed by atoms with E-state index in [0.29, 0.717) is 10.9 Å². The third-order valence-corrected chi connectivity index (χ3v) is 3.35. The molecular formula is C13H8N2O3S. The molecule has 2 heterocycles. The summed E-state index contributed by atoms with van der Waals surface area (Å²) >= 11 is 1.40. The van der Waals surface area contributed by atoms with E-state index in [1.54, 1.807) is 0 Å². The number of carbonyl (C=O) groups is 1. The summed E-state index contributed by atoms with van der Waals surface area (Å²) in [5.74, 6) is -0.679. The second kappa shape index (κ2) is 4.66. The van der Waals surface area contributed by atoms with Gasteiger partial charge in [0, 0.05) is 6.20 Å². The number of para-hydroxylation sites is 1. The number of nitrogens with zero attached hydrogens (tertiary/aromatic N) is 2. The molecule has 3 rings (SSSR count). The van der Waals surface area contributed by atoms with Crippen LogP contribution in [0.15, 0.2) is 42.7 Å². The molecule has 6 heteroatoms. The Morgan fingerprint density at radius 3 is 2.89 bits per heavy atom. The first-order valence-electron chi connectivity index (χ1n) is 5.44. The average Bonchev–Trinajstić information content (AvgIpc) is 2.81. The van der Waals surface area contributed by atoms with Crippen LogP contribution in [0, 0.1) is 0 Å². The lowest BCUT2D eigenvalue weighted by molar-refractivity contribution is 0.0696. The summed E-state index contributed by atoms with van der Waals surface area (Å²) in [6.45, 7) is 0. The summed E-state index contributed by atoms with van der Waals surface area (Å²) in [6.07, 6.45) is 2.73. The van der Waals surface area contributed by atoms with E-state index in [-0.39, 0.29) is 5.56 Å². The van der Waals surface area contributed by atoms with Gasteiger partial charge in [0.05, 0.1) is 22.0 Å². The molecule has 0 aliphatic rings. The Kier molecular flexibility index (Phi) is 2.85. The van der Waals surface area contributed by atoms with E-state index in [4.69, 9.17) is 9.84 Å². The molecule has 1 N–H and O–H groups in total. The highest BCUT2D eigenvalue weighted by molar-refractivity contribution is 7.20. The number of thiazole rings is 1. The second-order valence-electron chi connectivity index (χ2n) is 3.76. The van der Waals surface area contributed by atoms with Gasteiger partial charge < -0.3 is 9.84 Å². The Bertz CT molecular complexity index is 721. The van der Waals surface area contributed by atoms with Crippen molar-refractivity contribution in [2.24, 2.45) is 0 Å². The highest BCUT2D eigenvalue weighted by Crippen LogP contribution is 2.30. The van der Waals surface area contributed by atoms with Crippen molar-refractivity contribution in [1.82, 2.24) is 9.97 Å². The first kappa shape index (κ1) is 11.6. The first-order chi connectivity index (χ1) is 9.22. The number of rotatable bonds is 3. The van der Waals surface area contributed by atoms with Gasteiger partial charge in [-0.1, -0.05) is 23.5 Å². The molecule has 2 aromatic heterocycles. The van der Waals surface area contributed by atoms with Crippen LogP contribution in [-0.4, -0.2) is 21.0 Å². The van der Waals surface area contributed by atoms with E-state index in [9.17, 15) is 4.79 Å². The molecule has 0 aliphatic carbocycles. The lowest BCUT2D eigenvalue weighted by Gasteiger charge is -2.01. The highest BCUT2D eigenvalue weighted by Gasteiger charge is 2.08. The lowest BCUT2D eigenvalue weighted by atomic mass is 10.3. The zero-order chi connectivity index (χ0) is 13.2. The Morgan fingerprint density at radius 1 is 1.26 bits per heavy atom. The van der Waals surface area contributed by atoms with Gasteiger partial charge in [-0.3, -0.25) is 4.98 Å². The van der Waals surface area contributed by atoms with Crippen LogP contribution in [-0.2, 0) is 0 Å². The fourth-order valence-electron chi connectivity index (χ4n) is 1.59. The zero-order valence-electron chi connectivity index (χ0n) is 9.61. The SMILES string of the molecule is O=C(O)c1cncc(Oc2nc3ccccc3s2)c1. The predicted octanol–water partition coefficient (Wildman–Crippen LogP) is 3.18. The van der Waals surface area contributed by atoms with Gasteiger partial charge in [-0.25, -0.2) is 9.78 Å². The van der Waals surface area contributed by atoms with Crippen LogP contribution in [0.5, 0.6) is 10.9 Å². The Morgan fingerprint density at radius 2 is 2.11 bits per heavy atom. The quantitative estimate of drug-likeness (QED) is 0.792. The average molecular weight is 272 g/mol. The summed E-state index contributed by atoms with van der Waals surface area (Å²) in [6, 6.07) is 9.09. The molecular weight excluding hydrogens is 264 g/mol. The van der Waals surface area contributed by atoms with E-state index >= 15 is 0 Å². The fourth-order valence-corrected chi connectivity index (χ4v) is 2.42. The molecule has 94 valence electrons. The van der Waals surface area contributed by atoms with Gasteiger partial charge in [0.2, 0.25) is 0 Å². The van der Waals surface area contributed by atoms with Crippen LogP contribution < -0.4 is 4.74 Å². The summed E-state index contributed by atoms with van der Waals surface area (Å²) in [4.78, 5) is 19.0. The fraction of sp³-hybridized carbons (Fsp3) is 0. The van der Waals surface area contributed by atoms with Gasteiger partial charge in [0.15, 0.2) is 0 Å². The van der Waals surface area contributed by atoms with Crippen LogP contribution >= 0.6 is 11.3 Å². The molecule has 0 aliphatic heterocycles. The number of carboxylic acids is 1. The zero-order valence-corrected chi connectivity index (χ0v) is 10.4. The van der Waals surface area contributed by atoms with Gasteiger partial charge in [-0.2, -0.15) is 0 Å². The number of aromatic nitrogens is 2. The van der Waals surface area contributed by atoms with E-state index in [0.717, 1.165) is 10.2 Å². The number of aromatic carboxylic acids is 1. The minimum Gasteiger partial charge on any atom is -0.478 e. The number of carboxylic acid groups (broad SMARTS) is 1. The van der Waals surface area contributed by atoms with E-state index in [1.807, 2.05) is 24.3 Å². The third kappa shape index (κ3) is 2.38. The maximum atomic E-state index is 10.8. The van der Waals surface area contributed by atoms with Crippen molar-refractivity contribution in [3.63, 3.8) is 0 Å². The minimum atomic E-state index is -1.04. The number of ether oxygens (including phenoxy) is 1. The van der Waals surface area contributed by atoms with Crippen molar-refractivity contribution in [2.75, 3.05) is 0 Å². The van der Waals surface area contributed by atoms with Crippen LogP contribution in [0.4, 0.5) is 0 Å². The highest BCUT2D eigenvalue weighted by atomic mass is 32.1. The van der Waals surface area contributed by atoms with E-state index in [2.05, 4.69) is 9.97 Å². The topological polar surface area (TPSA) is 72.3 Å². The van der Waals surface area contributed by atoms with Crippen molar-refractivity contribution < 1.29 is 14.6 Å². The van der Waals surface area contributed by atoms with Crippen LogP contribution in [0.25, 0.3) is 10.2 Å². The third-order valence-electron chi connectivity index (χ3n) is 2.44. The van der Waals surface area contributed by atoms with Crippen molar-refractivity contribution in [1.29, 1.82) is 0 Å². The van der Waals surface area contributed by atoms with Gasteiger partial charge in [-0.05, 0) is 18.2 Å². The Balaban J connectivity index is 1.92. The molecule has 0 saturated heterocycles. The summed E-state index contributed by atoms with van der Waals surface area (Å²) < 4.78 is 6.55. The van der Waals surface area contributed by atoms with Crippen LogP contribution in [0.3, 0.4) is 0 Å². The number of benzene rings is 1. The van der Waals surface area contributed by atoms with Gasteiger partial charge in [-0.15, -0.1) is 0 Å². The molecule has 0 unspecified atom stereocenters. The normalized spacial score (nSPS) is 10.5. The second-order valence-corrected chi connectivity index (χ2v) is 4.76. The Hall–Kier alpha value is -2.47. The van der Waals surface area contributed by atoms with Gasteiger partial charge in [0.25, 0.3) is 5.19 Å². The molecule has 3 aromatic rings. The van der Waals surface area contributed by atoms with Crippen molar-refractivity contribution in [3.8, 4) is 10.9 Å². The van der Waals surface area contributed by atoms with E-state index < -0.39 is 5.97 Å². The standard InChI is InChI=1S/C13H8N2O3S/c16-12(17)8-5-9(7-14-6-8)18-13-15-10-3-1-2-4-11(10)19-13/h1-7H,(H,16,17). The molecule has 0 atom stereocenters. The number of hydrogen-bond acceptors (Lipinski definition) is 5. The summed E-state index contributed by atoms with van der Waals surface area (Å²) in [7, 11) is 0.